The Morgan fingerprint density at radius 2 is 1.57 bits per heavy atom. The minimum absolute atomic E-state index is 0.0863. The van der Waals surface area contributed by atoms with E-state index < -0.39 is 0 Å². The smallest absolute Gasteiger partial charge is 0.260 e. The van der Waals surface area contributed by atoms with Gasteiger partial charge in [0.25, 0.3) is 5.91 Å². The highest BCUT2D eigenvalue weighted by atomic mass is 16.5. The van der Waals surface area contributed by atoms with Crippen LogP contribution in [0, 0.1) is 0 Å². The van der Waals surface area contributed by atoms with E-state index in [4.69, 9.17) is 9.47 Å². The molecule has 1 aromatic carbocycles. The van der Waals surface area contributed by atoms with Gasteiger partial charge in [-0.2, -0.15) is 0 Å². The molecule has 0 bridgehead atoms. The summed E-state index contributed by atoms with van der Waals surface area (Å²) in [6.45, 7) is 4.65. The highest BCUT2D eigenvalue weighted by Crippen LogP contribution is 2.18. The maximum Gasteiger partial charge on any atom is 0.260 e. The van der Waals surface area contributed by atoms with Crippen molar-refractivity contribution in [2.45, 2.75) is 39.0 Å². The first-order valence-corrected chi connectivity index (χ1v) is 7.93. The molecule has 116 valence electrons. The van der Waals surface area contributed by atoms with Crippen LogP contribution in [0.3, 0.4) is 0 Å². The van der Waals surface area contributed by atoms with Crippen molar-refractivity contribution in [1.29, 1.82) is 0 Å². The molecular weight excluding hydrogens is 266 g/mol. The zero-order valence-electron chi connectivity index (χ0n) is 12.8. The maximum atomic E-state index is 12.1. The van der Waals surface area contributed by atoms with Gasteiger partial charge in [-0.05, 0) is 43.5 Å². The number of rotatable bonds is 6. The summed E-state index contributed by atoms with van der Waals surface area (Å²) in [6.07, 6.45) is 5.65. The van der Waals surface area contributed by atoms with Crippen LogP contribution in [0.1, 0.15) is 39.0 Å². The molecule has 4 heteroatoms. The van der Waals surface area contributed by atoms with E-state index in [1.165, 1.54) is 12.8 Å². The van der Waals surface area contributed by atoms with Gasteiger partial charge in [-0.1, -0.05) is 19.8 Å². The first-order chi connectivity index (χ1) is 10.3. The van der Waals surface area contributed by atoms with Crippen LogP contribution in [0.5, 0.6) is 11.5 Å². The molecule has 4 nitrogen and oxygen atoms in total. The quantitative estimate of drug-likeness (QED) is 0.807. The van der Waals surface area contributed by atoms with E-state index in [9.17, 15) is 4.79 Å². The monoisotopic (exact) mass is 291 g/mol. The van der Waals surface area contributed by atoms with Crippen molar-refractivity contribution >= 4 is 5.91 Å². The number of likely N-dealkylation sites (tertiary alicyclic amines) is 1. The van der Waals surface area contributed by atoms with Gasteiger partial charge in [0.2, 0.25) is 0 Å². The van der Waals surface area contributed by atoms with Gasteiger partial charge in [-0.15, -0.1) is 0 Å². The summed E-state index contributed by atoms with van der Waals surface area (Å²) in [5, 5.41) is 0. The summed E-state index contributed by atoms with van der Waals surface area (Å²) >= 11 is 0. The number of nitrogens with zero attached hydrogens (tertiary/aromatic N) is 1. The summed E-state index contributed by atoms with van der Waals surface area (Å²) < 4.78 is 11.1. The van der Waals surface area contributed by atoms with Crippen LogP contribution >= 0.6 is 0 Å². The van der Waals surface area contributed by atoms with Gasteiger partial charge in [-0.25, -0.2) is 0 Å². The van der Waals surface area contributed by atoms with E-state index in [0.717, 1.165) is 38.1 Å². The summed E-state index contributed by atoms with van der Waals surface area (Å²) in [5.41, 5.74) is 0. The minimum Gasteiger partial charge on any atom is -0.494 e. The summed E-state index contributed by atoms with van der Waals surface area (Å²) in [5.74, 6) is 1.63. The minimum atomic E-state index is 0.0863. The maximum absolute atomic E-state index is 12.1. The molecule has 0 spiro atoms. The molecule has 0 saturated carbocycles. The van der Waals surface area contributed by atoms with E-state index in [1.807, 2.05) is 29.2 Å². The Kier molecular flexibility index (Phi) is 6.38. The number of ether oxygens (including phenoxy) is 2. The fourth-order valence-corrected chi connectivity index (χ4v) is 2.41. The van der Waals surface area contributed by atoms with E-state index in [1.54, 1.807) is 0 Å². The van der Waals surface area contributed by atoms with Gasteiger partial charge in [0.05, 0.1) is 6.61 Å². The third kappa shape index (κ3) is 5.29. The molecule has 0 radical (unpaired) electrons. The lowest BCUT2D eigenvalue weighted by Crippen LogP contribution is -2.35. The molecule has 1 saturated heterocycles. The second-order valence-corrected chi connectivity index (χ2v) is 5.40. The zero-order valence-corrected chi connectivity index (χ0v) is 12.8. The van der Waals surface area contributed by atoms with Crippen LogP contribution in [0.4, 0.5) is 0 Å². The Balaban J connectivity index is 1.77. The Morgan fingerprint density at radius 1 is 1.00 bits per heavy atom. The molecule has 0 unspecified atom stereocenters. The molecule has 0 aromatic heterocycles. The molecule has 0 N–H and O–H groups in total. The highest BCUT2D eigenvalue weighted by Gasteiger charge is 2.15. The van der Waals surface area contributed by atoms with Crippen molar-refractivity contribution in [1.82, 2.24) is 4.90 Å². The standard InChI is InChI=1S/C17H25NO3/c1-2-13-20-15-7-9-16(10-8-15)21-14-17(19)18-11-5-3-4-6-12-18/h7-10H,2-6,11-14H2,1H3. The fourth-order valence-electron chi connectivity index (χ4n) is 2.41. The molecule has 1 aromatic rings. The normalized spacial score (nSPS) is 15.4. The van der Waals surface area contributed by atoms with Crippen LogP contribution in [-0.4, -0.2) is 37.1 Å². The predicted molar refractivity (Wildman–Crippen MR) is 82.8 cm³/mol. The first kappa shape index (κ1) is 15.7. The second kappa shape index (κ2) is 8.55. The summed E-state index contributed by atoms with van der Waals surface area (Å²) in [7, 11) is 0. The topological polar surface area (TPSA) is 38.8 Å². The van der Waals surface area contributed by atoms with E-state index in [0.29, 0.717) is 12.4 Å². The third-order valence-electron chi connectivity index (χ3n) is 3.62. The van der Waals surface area contributed by atoms with Crippen LogP contribution in [0.15, 0.2) is 24.3 Å². The summed E-state index contributed by atoms with van der Waals surface area (Å²) in [6, 6.07) is 7.45. The molecule has 1 heterocycles. The molecule has 0 aliphatic carbocycles. The number of hydrogen-bond donors (Lipinski definition) is 0. The molecule has 1 aliphatic heterocycles. The number of carbonyl (C=O) groups is 1. The van der Waals surface area contributed by atoms with Gasteiger partial charge >= 0.3 is 0 Å². The van der Waals surface area contributed by atoms with Crippen LogP contribution in [0.25, 0.3) is 0 Å². The number of hydrogen-bond acceptors (Lipinski definition) is 3. The lowest BCUT2D eigenvalue weighted by Gasteiger charge is -2.20. The number of benzene rings is 1. The summed E-state index contributed by atoms with van der Waals surface area (Å²) in [4.78, 5) is 14.0. The largest absolute Gasteiger partial charge is 0.494 e. The van der Waals surface area contributed by atoms with E-state index in [2.05, 4.69) is 6.92 Å². The van der Waals surface area contributed by atoms with Gasteiger partial charge in [-0.3, -0.25) is 4.79 Å². The van der Waals surface area contributed by atoms with Crippen molar-refractivity contribution in [3.8, 4) is 11.5 Å². The van der Waals surface area contributed by atoms with Crippen LogP contribution in [0.2, 0.25) is 0 Å². The van der Waals surface area contributed by atoms with Gasteiger partial charge in [0, 0.05) is 13.1 Å². The van der Waals surface area contributed by atoms with Gasteiger partial charge in [0.1, 0.15) is 11.5 Å². The SMILES string of the molecule is CCCOc1ccc(OCC(=O)N2CCCCCC2)cc1. The molecule has 1 amide bonds. The first-order valence-electron chi connectivity index (χ1n) is 7.93. The number of amides is 1. The highest BCUT2D eigenvalue weighted by molar-refractivity contribution is 5.77. The Bertz CT molecular complexity index is 422. The Labute approximate surface area is 127 Å². The average molecular weight is 291 g/mol. The van der Waals surface area contributed by atoms with Crippen molar-refractivity contribution < 1.29 is 14.3 Å². The van der Waals surface area contributed by atoms with E-state index in [-0.39, 0.29) is 12.5 Å². The third-order valence-corrected chi connectivity index (χ3v) is 3.62. The van der Waals surface area contributed by atoms with Crippen LogP contribution < -0.4 is 9.47 Å². The van der Waals surface area contributed by atoms with Crippen LogP contribution in [-0.2, 0) is 4.79 Å². The Hall–Kier alpha value is -1.71. The fraction of sp³-hybridized carbons (Fsp3) is 0.588. The van der Waals surface area contributed by atoms with Crippen molar-refractivity contribution in [3.63, 3.8) is 0 Å². The van der Waals surface area contributed by atoms with Gasteiger partial charge < -0.3 is 14.4 Å². The molecular formula is C17H25NO3. The number of carbonyl (C=O) groups excluding carboxylic acids is 1. The van der Waals surface area contributed by atoms with Crippen molar-refractivity contribution in [2.75, 3.05) is 26.3 Å². The van der Waals surface area contributed by atoms with E-state index >= 15 is 0 Å². The molecule has 0 atom stereocenters. The molecule has 1 aliphatic rings. The second-order valence-electron chi connectivity index (χ2n) is 5.40. The van der Waals surface area contributed by atoms with Crippen molar-refractivity contribution in [2.24, 2.45) is 0 Å². The lowest BCUT2D eigenvalue weighted by molar-refractivity contribution is -0.133. The zero-order chi connectivity index (χ0) is 14.9. The average Bonchev–Trinajstić information content (AvgIpc) is 2.81. The van der Waals surface area contributed by atoms with Crippen molar-refractivity contribution in [3.05, 3.63) is 24.3 Å². The molecule has 2 rings (SSSR count). The molecule has 1 fully saturated rings. The Morgan fingerprint density at radius 3 is 2.14 bits per heavy atom. The molecule has 21 heavy (non-hydrogen) atoms. The lowest BCUT2D eigenvalue weighted by atomic mass is 10.2. The predicted octanol–water partition coefficient (Wildman–Crippen LogP) is 3.26. The van der Waals surface area contributed by atoms with Gasteiger partial charge in [0.15, 0.2) is 6.61 Å².